The molecule has 2 aromatic rings. The molecule has 30 heavy (non-hydrogen) atoms. The molecule has 1 saturated heterocycles. The number of halogens is 1. The fraction of sp³-hybridized carbons (Fsp3) is 0.333. The van der Waals surface area contributed by atoms with Crippen molar-refractivity contribution in [2.75, 3.05) is 28.3 Å². The molecule has 2 aliphatic rings. The average molecular weight is 448 g/mol. The van der Waals surface area contributed by atoms with Crippen LogP contribution in [0, 0.1) is 19.7 Å². The Labute approximate surface area is 179 Å². The summed E-state index contributed by atoms with van der Waals surface area (Å²) < 4.78 is 38.3. The van der Waals surface area contributed by atoms with Gasteiger partial charge in [0.1, 0.15) is 12.4 Å². The Bertz CT molecular complexity index is 1110. The molecule has 0 unspecified atom stereocenters. The predicted octanol–water partition coefficient (Wildman–Crippen LogP) is 3.16. The zero-order valence-corrected chi connectivity index (χ0v) is 18.3. The van der Waals surface area contributed by atoms with Crippen molar-refractivity contribution < 1.29 is 17.6 Å². The highest BCUT2D eigenvalue weighted by molar-refractivity contribution is 8.15. The SMILES string of the molecule is Cc1cc(C)cc(NC(=O)CN(C2=N[C@H]3CS(=O)(=O)C[C@H]3S2)c2ccccc2F)c1. The van der Waals surface area contributed by atoms with Crippen molar-refractivity contribution in [2.24, 2.45) is 4.99 Å². The van der Waals surface area contributed by atoms with E-state index in [9.17, 15) is 17.6 Å². The van der Waals surface area contributed by atoms with Crippen LogP contribution in [-0.4, -0.2) is 48.8 Å². The van der Waals surface area contributed by atoms with E-state index in [0.717, 1.165) is 11.1 Å². The number of anilines is 2. The Kier molecular flexibility index (Phi) is 5.59. The van der Waals surface area contributed by atoms with Crippen molar-refractivity contribution in [1.82, 2.24) is 0 Å². The molecule has 2 atom stereocenters. The number of hydrogen-bond acceptors (Lipinski definition) is 6. The van der Waals surface area contributed by atoms with E-state index in [-0.39, 0.29) is 40.9 Å². The Morgan fingerprint density at radius 2 is 1.90 bits per heavy atom. The summed E-state index contributed by atoms with van der Waals surface area (Å²) in [5.41, 5.74) is 2.97. The fourth-order valence-electron chi connectivity index (χ4n) is 3.79. The lowest BCUT2D eigenvalue weighted by Gasteiger charge is -2.24. The lowest BCUT2D eigenvalue weighted by molar-refractivity contribution is -0.114. The number of amides is 1. The van der Waals surface area contributed by atoms with Crippen LogP contribution < -0.4 is 10.2 Å². The maximum absolute atomic E-state index is 14.6. The molecule has 0 radical (unpaired) electrons. The van der Waals surface area contributed by atoms with Gasteiger partial charge >= 0.3 is 0 Å². The van der Waals surface area contributed by atoms with E-state index < -0.39 is 15.7 Å². The minimum atomic E-state index is -3.10. The Hall–Kier alpha value is -2.39. The highest BCUT2D eigenvalue weighted by atomic mass is 32.2. The number of nitrogens with zero attached hydrogens (tertiary/aromatic N) is 2. The van der Waals surface area contributed by atoms with E-state index >= 15 is 0 Å². The number of thioether (sulfide) groups is 1. The Morgan fingerprint density at radius 1 is 1.20 bits per heavy atom. The molecule has 158 valence electrons. The molecule has 2 aliphatic heterocycles. The van der Waals surface area contributed by atoms with Crippen molar-refractivity contribution in [2.45, 2.75) is 25.1 Å². The molecular formula is C21H22FN3O3S2. The van der Waals surface area contributed by atoms with Crippen molar-refractivity contribution in [3.8, 4) is 0 Å². The van der Waals surface area contributed by atoms with E-state index in [0.29, 0.717) is 10.9 Å². The second-order valence-corrected chi connectivity index (χ2v) is 11.0. The maximum Gasteiger partial charge on any atom is 0.244 e. The van der Waals surface area contributed by atoms with E-state index in [1.165, 1.54) is 22.7 Å². The summed E-state index contributed by atoms with van der Waals surface area (Å²) in [6.07, 6.45) is 0. The second kappa shape index (κ2) is 8.03. The first-order valence-electron chi connectivity index (χ1n) is 9.55. The van der Waals surface area contributed by atoms with Crippen molar-refractivity contribution in [1.29, 1.82) is 0 Å². The molecule has 2 heterocycles. The Balaban J connectivity index is 1.59. The van der Waals surface area contributed by atoms with Crippen LogP contribution in [0.1, 0.15) is 11.1 Å². The first kappa shape index (κ1) is 20.9. The van der Waals surface area contributed by atoms with Crippen LogP contribution in [0.3, 0.4) is 0 Å². The number of aliphatic imine (C=N–C) groups is 1. The highest BCUT2D eigenvalue weighted by Crippen LogP contribution is 2.37. The minimum Gasteiger partial charge on any atom is -0.325 e. The molecule has 4 rings (SSSR count). The lowest BCUT2D eigenvalue weighted by atomic mass is 10.1. The molecule has 9 heteroatoms. The highest BCUT2D eigenvalue weighted by Gasteiger charge is 2.44. The number of rotatable bonds is 4. The van der Waals surface area contributed by atoms with Gasteiger partial charge in [0.25, 0.3) is 0 Å². The van der Waals surface area contributed by atoms with Crippen molar-refractivity contribution in [3.05, 3.63) is 59.4 Å². The smallest absolute Gasteiger partial charge is 0.244 e. The van der Waals surface area contributed by atoms with Crippen LogP contribution in [0.2, 0.25) is 0 Å². The molecule has 6 nitrogen and oxygen atoms in total. The number of aryl methyl sites for hydroxylation is 2. The molecule has 1 amide bonds. The summed E-state index contributed by atoms with van der Waals surface area (Å²) in [6.45, 7) is 3.77. The van der Waals surface area contributed by atoms with Gasteiger partial charge in [-0.15, -0.1) is 0 Å². The number of sulfone groups is 1. The largest absolute Gasteiger partial charge is 0.325 e. The summed E-state index contributed by atoms with van der Waals surface area (Å²) >= 11 is 1.30. The number of amidine groups is 1. The van der Waals surface area contributed by atoms with Crippen LogP contribution >= 0.6 is 11.8 Å². The van der Waals surface area contributed by atoms with E-state index in [4.69, 9.17) is 0 Å². The number of carbonyl (C=O) groups excluding carboxylic acids is 1. The van der Waals surface area contributed by atoms with Crippen LogP contribution in [0.4, 0.5) is 15.8 Å². The van der Waals surface area contributed by atoms with Gasteiger partial charge in [-0.25, -0.2) is 12.8 Å². The second-order valence-electron chi connectivity index (χ2n) is 7.67. The standard InChI is InChI=1S/C21H22FN3O3S2/c1-13-7-14(2)9-15(8-13)23-20(26)10-25(18-6-4-3-5-16(18)22)21-24-17-11-30(27,28)12-19(17)29-21/h3-9,17,19H,10-12H2,1-2H3,(H,23,26)/t17-,19+/m0/s1. The summed E-state index contributed by atoms with van der Waals surface area (Å²) in [4.78, 5) is 18.9. The zero-order valence-electron chi connectivity index (χ0n) is 16.6. The molecule has 0 aliphatic carbocycles. The van der Waals surface area contributed by atoms with Gasteiger partial charge in [0.05, 0.1) is 23.2 Å². The van der Waals surface area contributed by atoms with Gasteiger partial charge in [-0.2, -0.15) is 0 Å². The van der Waals surface area contributed by atoms with Gasteiger partial charge in [0.15, 0.2) is 15.0 Å². The van der Waals surface area contributed by atoms with Crippen LogP contribution in [0.15, 0.2) is 47.5 Å². The average Bonchev–Trinajstić information content (AvgIpc) is 3.13. The third-order valence-electron chi connectivity index (χ3n) is 4.99. The van der Waals surface area contributed by atoms with Crippen LogP contribution in [-0.2, 0) is 14.6 Å². The summed E-state index contributed by atoms with van der Waals surface area (Å²) in [6, 6.07) is 11.6. The summed E-state index contributed by atoms with van der Waals surface area (Å²) in [7, 11) is -3.10. The topological polar surface area (TPSA) is 78.8 Å². The molecule has 1 fully saturated rings. The normalized spacial score (nSPS) is 21.8. The van der Waals surface area contributed by atoms with E-state index in [1.54, 1.807) is 18.2 Å². The quantitative estimate of drug-likeness (QED) is 0.779. The molecular weight excluding hydrogens is 425 g/mol. The van der Waals surface area contributed by atoms with E-state index in [2.05, 4.69) is 10.3 Å². The lowest BCUT2D eigenvalue weighted by Crippen LogP contribution is -2.37. The van der Waals surface area contributed by atoms with Gasteiger partial charge in [0.2, 0.25) is 5.91 Å². The molecule has 0 bridgehead atoms. The minimum absolute atomic E-state index is 0.00591. The van der Waals surface area contributed by atoms with Gasteiger partial charge < -0.3 is 10.2 Å². The van der Waals surface area contributed by atoms with Gasteiger partial charge in [0, 0.05) is 10.9 Å². The van der Waals surface area contributed by atoms with Crippen molar-refractivity contribution >= 4 is 44.0 Å². The summed E-state index contributed by atoms with van der Waals surface area (Å²) in [5, 5.41) is 3.15. The molecule has 1 N–H and O–H groups in total. The number of benzene rings is 2. The zero-order chi connectivity index (χ0) is 21.5. The molecule has 0 aromatic heterocycles. The van der Waals surface area contributed by atoms with Gasteiger partial charge in [-0.1, -0.05) is 30.0 Å². The molecule has 2 aromatic carbocycles. The molecule has 0 spiro atoms. The third kappa shape index (κ3) is 4.52. The number of para-hydroxylation sites is 1. The summed E-state index contributed by atoms with van der Waals surface area (Å²) in [5.74, 6) is -0.732. The first-order valence-corrected chi connectivity index (χ1v) is 12.3. The number of carbonyl (C=O) groups is 1. The van der Waals surface area contributed by atoms with Crippen molar-refractivity contribution in [3.63, 3.8) is 0 Å². The third-order valence-corrected chi connectivity index (χ3v) is 8.23. The first-order chi connectivity index (χ1) is 14.2. The monoisotopic (exact) mass is 447 g/mol. The molecule has 0 saturated carbocycles. The number of nitrogens with one attached hydrogen (secondary N) is 1. The van der Waals surface area contributed by atoms with E-state index in [1.807, 2.05) is 32.0 Å². The fourth-order valence-corrected chi connectivity index (χ4v) is 7.56. The van der Waals surface area contributed by atoms with Gasteiger partial charge in [-0.3, -0.25) is 9.79 Å². The van der Waals surface area contributed by atoms with Crippen LogP contribution in [0.5, 0.6) is 0 Å². The Morgan fingerprint density at radius 3 is 2.57 bits per heavy atom. The number of hydrogen-bond donors (Lipinski definition) is 1. The number of fused-ring (bicyclic) bond motifs is 1. The maximum atomic E-state index is 14.6. The van der Waals surface area contributed by atoms with Crippen LogP contribution in [0.25, 0.3) is 0 Å². The predicted molar refractivity (Wildman–Crippen MR) is 120 cm³/mol. The van der Waals surface area contributed by atoms with Gasteiger partial charge in [-0.05, 0) is 49.2 Å².